The van der Waals surface area contributed by atoms with Crippen LogP contribution >= 0.6 is 0 Å². The number of hydrogen-bond donors (Lipinski definition) is 1. The molecule has 0 aromatic carbocycles. The molecule has 0 aromatic heterocycles. The van der Waals surface area contributed by atoms with E-state index in [1.807, 2.05) is 0 Å². The summed E-state index contributed by atoms with van der Waals surface area (Å²) in [5.74, 6) is 0.941. The lowest BCUT2D eigenvalue weighted by Gasteiger charge is -2.35. The van der Waals surface area contributed by atoms with Crippen LogP contribution in [0.2, 0.25) is 0 Å². The molecule has 0 spiro atoms. The third-order valence-electron chi connectivity index (χ3n) is 4.42. The average Bonchev–Trinajstić information content (AvgIpc) is 2.45. The van der Waals surface area contributed by atoms with E-state index in [0.29, 0.717) is 0 Å². The zero-order chi connectivity index (χ0) is 11.4. The predicted molar refractivity (Wildman–Crippen MR) is 69.7 cm³/mol. The van der Waals surface area contributed by atoms with E-state index in [-0.39, 0.29) is 0 Å². The van der Waals surface area contributed by atoms with Crippen LogP contribution in [0, 0.1) is 5.92 Å². The molecule has 2 fully saturated rings. The van der Waals surface area contributed by atoms with Gasteiger partial charge in [0, 0.05) is 18.6 Å². The number of nitrogens with one attached hydrogen (secondary N) is 1. The second kappa shape index (κ2) is 6.02. The Balaban J connectivity index is 1.82. The van der Waals surface area contributed by atoms with Crippen LogP contribution in [-0.4, -0.2) is 36.6 Å². The first-order valence-corrected chi connectivity index (χ1v) is 7.23. The van der Waals surface area contributed by atoms with Gasteiger partial charge in [-0.2, -0.15) is 0 Å². The Hall–Kier alpha value is -0.0800. The molecule has 0 aliphatic carbocycles. The first-order valence-electron chi connectivity index (χ1n) is 7.23. The van der Waals surface area contributed by atoms with Crippen molar-refractivity contribution in [2.24, 2.45) is 5.92 Å². The van der Waals surface area contributed by atoms with Crippen LogP contribution in [-0.2, 0) is 0 Å². The number of piperidine rings is 1. The highest BCUT2D eigenvalue weighted by atomic mass is 15.2. The molecule has 2 aliphatic heterocycles. The fourth-order valence-electron chi connectivity index (χ4n) is 3.34. The highest BCUT2D eigenvalue weighted by Gasteiger charge is 2.23. The predicted octanol–water partition coefficient (Wildman–Crippen LogP) is 2.64. The molecule has 0 saturated carbocycles. The van der Waals surface area contributed by atoms with Crippen LogP contribution in [0.25, 0.3) is 0 Å². The van der Waals surface area contributed by atoms with Crippen molar-refractivity contribution in [3.8, 4) is 0 Å². The van der Waals surface area contributed by atoms with Gasteiger partial charge in [-0.3, -0.25) is 0 Å². The van der Waals surface area contributed by atoms with Gasteiger partial charge >= 0.3 is 0 Å². The number of likely N-dealkylation sites (tertiary alicyclic amines) is 1. The van der Waals surface area contributed by atoms with Crippen molar-refractivity contribution in [3.63, 3.8) is 0 Å². The normalized spacial score (nSPS) is 38.2. The lowest BCUT2D eigenvalue weighted by molar-refractivity contribution is 0.155. The van der Waals surface area contributed by atoms with Gasteiger partial charge in [0.05, 0.1) is 0 Å². The zero-order valence-corrected chi connectivity index (χ0v) is 11.0. The Labute approximate surface area is 101 Å². The van der Waals surface area contributed by atoms with Crippen LogP contribution in [0.4, 0.5) is 0 Å². The molecule has 0 bridgehead atoms. The molecule has 94 valence electrons. The summed E-state index contributed by atoms with van der Waals surface area (Å²) in [6.45, 7) is 8.69. The van der Waals surface area contributed by atoms with Crippen LogP contribution in [0.1, 0.15) is 52.4 Å². The molecule has 2 heterocycles. The summed E-state index contributed by atoms with van der Waals surface area (Å²) in [4.78, 5) is 2.76. The minimum Gasteiger partial charge on any atom is -0.314 e. The lowest BCUT2D eigenvalue weighted by Crippen LogP contribution is -2.43. The summed E-state index contributed by atoms with van der Waals surface area (Å²) in [6.07, 6.45) is 8.49. The van der Waals surface area contributed by atoms with E-state index in [2.05, 4.69) is 24.1 Å². The van der Waals surface area contributed by atoms with Crippen molar-refractivity contribution in [2.45, 2.75) is 64.5 Å². The molecule has 2 heteroatoms. The Morgan fingerprint density at radius 1 is 1.12 bits per heavy atom. The van der Waals surface area contributed by atoms with Crippen molar-refractivity contribution in [3.05, 3.63) is 0 Å². The molecule has 1 N–H and O–H groups in total. The summed E-state index contributed by atoms with van der Waals surface area (Å²) in [7, 11) is 0. The second-order valence-corrected chi connectivity index (χ2v) is 5.94. The largest absolute Gasteiger partial charge is 0.314 e. The van der Waals surface area contributed by atoms with Gasteiger partial charge < -0.3 is 10.2 Å². The summed E-state index contributed by atoms with van der Waals surface area (Å²) in [5.41, 5.74) is 0. The highest BCUT2D eigenvalue weighted by Crippen LogP contribution is 2.22. The third-order valence-corrected chi connectivity index (χ3v) is 4.42. The summed E-state index contributed by atoms with van der Waals surface area (Å²) < 4.78 is 0. The van der Waals surface area contributed by atoms with E-state index in [1.54, 1.807) is 0 Å². The van der Waals surface area contributed by atoms with Gasteiger partial charge in [-0.1, -0.05) is 12.8 Å². The topological polar surface area (TPSA) is 15.3 Å². The molecular weight excluding hydrogens is 196 g/mol. The maximum Gasteiger partial charge on any atom is 0.00670 e. The SMILES string of the molecule is CC1CC(CN2CCCCCC2C)CCN1. The van der Waals surface area contributed by atoms with Crippen molar-refractivity contribution in [1.29, 1.82) is 0 Å². The van der Waals surface area contributed by atoms with Gasteiger partial charge in [-0.05, 0) is 58.5 Å². The fourth-order valence-corrected chi connectivity index (χ4v) is 3.34. The molecule has 2 rings (SSSR count). The Bertz CT molecular complexity index is 205. The van der Waals surface area contributed by atoms with Gasteiger partial charge in [-0.15, -0.1) is 0 Å². The number of rotatable bonds is 2. The van der Waals surface area contributed by atoms with Gasteiger partial charge in [-0.25, -0.2) is 0 Å². The second-order valence-electron chi connectivity index (χ2n) is 5.94. The maximum absolute atomic E-state index is 3.55. The molecule has 2 aliphatic rings. The average molecular weight is 224 g/mol. The molecule has 0 radical (unpaired) electrons. The van der Waals surface area contributed by atoms with E-state index in [1.165, 1.54) is 58.2 Å². The van der Waals surface area contributed by atoms with Crippen LogP contribution < -0.4 is 5.32 Å². The highest BCUT2D eigenvalue weighted by molar-refractivity contribution is 4.80. The maximum atomic E-state index is 3.55. The van der Waals surface area contributed by atoms with E-state index >= 15 is 0 Å². The standard InChI is InChI=1S/C14H28N2/c1-12-10-14(7-8-15-12)11-16-9-5-3-4-6-13(16)2/h12-15H,3-11H2,1-2H3. The molecule has 2 nitrogen and oxygen atoms in total. The monoisotopic (exact) mass is 224 g/mol. The molecule has 0 aromatic rings. The Morgan fingerprint density at radius 2 is 2.00 bits per heavy atom. The quantitative estimate of drug-likeness (QED) is 0.776. The van der Waals surface area contributed by atoms with Crippen LogP contribution in [0.3, 0.4) is 0 Å². The molecule has 3 atom stereocenters. The molecule has 0 amide bonds. The first kappa shape index (κ1) is 12.4. The van der Waals surface area contributed by atoms with Gasteiger partial charge in [0.1, 0.15) is 0 Å². The van der Waals surface area contributed by atoms with Crippen LogP contribution in [0.15, 0.2) is 0 Å². The molecule has 16 heavy (non-hydrogen) atoms. The summed E-state index contributed by atoms with van der Waals surface area (Å²) >= 11 is 0. The minimum atomic E-state index is 0.737. The fraction of sp³-hybridized carbons (Fsp3) is 1.00. The van der Waals surface area contributed by atoms with Gasteiger partial charge in [0.2, 0.25) is 0 Å². The Kier molecular flexibility index (Phi) is 4.66. The molecule has 3 unspecified atom stereocenters. The minimum absolute atomic E-state index is 0.737. The molecule has 2 saturated heterocycles. The van der Waals surface area contributed by atoms with Crippen molar-refractivity contribution >= 4 is 0 Å². The Morgan fingerprint density at radius 3 is 2.81 bits per heavy atom. The number of hydrogen-bond acceptors (Lipinski definition) is 2. The van der Waals surface area contributed by atoms with E-state index in [9.17, 15) is 0 Å². The van der Waals surface area contributed by atoms with Crippen LogP contribution in [0.5, 0.6) is 0 Å². The summed E-state index contributed by atoms with van der Waals surface area (Å²) in [6, 6.07) is 1.56. The van der Waals surface area contributed by atoms with E-state index in [0.717, 1.165) is 18.0 Å². The first-order chi connectivity index (χ1) is 7.75. The van der Waals surface area contributed by atoms with Crippen molar-refractivity contribution in [1.82, 2.24) is 10.2 Å². The van der Waals surface area contributed by atoms with Gasteiger partial charge in [0.25, 0.3) is 0 Å². The van der Waals surface area contributed by atoms with Crippen molar-refractivity contribution in [2.75, 3.05) is 19.6 Å². The van der Waals surface area contributed by atoms with E-state index < -0.39 is 0 Å². The number of nitrogens with zero attached hydrogens (tertiary/aromatic N) is 1. The lowest BCUT2D eigenvalue weighted by atomic mass is 9.92. The molecular formula is C14H28N2. The van der Waals surface area contributed by atoms with Gasteiger partial charge in [0.15, 0.2) is 0 Å². The summed E-state index contributed by atoms with van der Waals surface area (Å²) in [5, 5.41) is 3.55. The smallest absolute Gasteiger partial charge is 0.00670 e. The van der Waals surface area contributed by atoms with Crippen molar-refractivity contribution < 1.29 is 0 Å². The van der Waals surface area contributed by atoms with E-state index in [4.69, 9.17) is 0 Å². The zero-order valence-electron chi connectivity index (χ0n) is 11.0. The third kappa shape index (κ3) is 3.46.